The molecule has 0 heterocycles. The molecule has 1 amide bonds. The van der Waals surface area contributed by atoms with Crippen LogP contribution in [0.15, 0.2) is 40.9 Å². The molecule has 2 aliphatic rings. The van der Waals surface area contributed by atoms with Gasteiger partial charge in [-0.25, -0.2) is 0 Å². The van der Waals surface area contributed by atoms with Gasteiger partial charge < -0.3 is 5.32 Å². The Kier molecular flexibility index (Phi) is 3.74. The van der Waals surface area contributed by atoms with Crippen LogP contribution in [0.3, 0.4) is 0 Å². The number of anilines is 1. The van der Waals surface area contributed by atoms with Crippen molar-refractivity contribution in [3.05, 3.63) is 40.9 Å². The Bertz CT molecular complexity index is 495. The van der Waals surface area contributed by atoms with E-state index in [0.29, 0.717) is 11.8 Å². The SMILES string of the molecule is O=C(Nc1cccc(Br)c1)C1[C@H]2CC/C=C/CC[C@@H]12. The van der Waals surface area contributed by atoms with Gasteiger partial charge in [0.05, 0.1) is 0 Å². The predicted molar refractivity (Wildman–Crippen MR) is 80.8 cm³/mol. The highest BCUT2D eigenvalue weighted by Crippen LogP contribution is 2.53. The maximum absolute atomic E-state index is 12.3. The quantitative estimate of drug-likeness (QED) is 0.805. The van der Waals surface area contributed by atoms with Gasteiger partial charge in [0.15, 0.2) is 0 Å². The topological polar surface area (TPSA) is 29.1 Å². The molecule has 1 N–H and O–H groups in total. The van der Waals surface area contributed by atoms with Gasteiger partial charge in [0.1, 0.15) is 0 Å². The van der Waals surface area contributed by atoms with Crippen LogP contribution in [0, 0.1) is 17.8 Å². The Balaban J connectivity index is 1.63. The first-order valence-corrected chi connectivity index (χ1v) is 7.76. The summed E-state index contributed by atoms with van der Waals surface area (Å²) in [6, 6.07) is 7.80. The highest BCUT2D eigenvalue weighted by atomic mass is 79.9. The molecule has 0 bridgehead atoms. The first-order valence-electron chi connectivity index (χ1n) is 6.97. The zero-order valence-electron chi connectivity index (χ0n) is 10.8. The largest absolute Gasteiger partial charge is 0.326 e. The Labute approximate surface area is 122 Å². The van der Waals surface area contributed by atoms with Crippen LogP contribution >= 0.6 is 15.9 Å². The summed E-state index contributed by atoms with van der Waals surface area (Å²) in [6.07, 6.45) is 9.11. The second-order valence-corrected chi connectivity index (χ2v) is 6.39. The van der Waals surface area contributed by atoms with Crippen LogP contribution in [0.2, 0.25) is 0 Å². The van der Waals surface area contributed by atoms with Crippen molar-refractivity contribution in [2.45, 2.75) is 25.7 Å². The normalized spacial score (nSPS) is 30.7. The second kappa shape index (κ2) is 5.49. The molecular weight excluding hydrogens is 302 g/mol. The lowest BCUT2D eigenvalue weighted by atomic mass is 10.1. The number of amides is 1. The van der Waals surface area contributed by atoms with Crippen LogP contribution in [0.25, 0.3) is 0 Å². The molecule has 3 atom stereocenters. The number of fused-ring (bicyclic) bond motifs is 1. The number of nitrogens with one attached hydrogen (secondary N) is 1. The molecule has 1 aromatic rings. The van der Waals surface area contributed by atoms with Crippen molar-refractivity contribution in [2.75, 3.05) is 5.32 Å². The second-order valence-electron chi connectivity index (χ2n) is 5.48. The third-order valence-electron chi connectivity index (χ3n) is 4.23. The minimum absolute atomic E-state index is 0.204. The number of hydrogen-bond acceptors (Lipinski definition) is 1. The molecule has 3 heteroatoms. The smallest absolute Gasteiger partial charge is 0.228 e. The molecule has 2 nitrogen and oxygen atoms in total. The van der Waals surface area contributed by atoms with Crippen LogP contribution in [0.5, 0.6) is 0 Å². The first kappa shape index (κ1) is 12.9. The van der Waals surface area contributed by atoms with Crippen molar-refractivity contribution in [1.29, 1.82) is 0 Å². The third kappa shape index (κ3) is 2.92. The van der Waals surface area contributed by atoms with Crippen molar-refractivity contribution < 1.29 is 4.79 Å². The van der Waals surface area contributed by atoms with Crippen molar-refractivity contribution in [3.8, 4) is 0 Å². The van der Waals surface area contributed by atoms with E-state index in [0.717, 1.165) is 35.8 Å². The highest BCUT2D eigenvalue weighted by Gasteiger charge is 2.53. The molecule has 0 saturated heterocycles. The molecule has 0 radical (unpaired) electrons. The van der Waals surface area contributed by atoms with Gasteiger partial charge in [0, 0.05) is 16.1 Å². The van der Waals surface area contributed by atoms with E-state index in [1.165, 1.54) is 0 Å². The molecule has 0 aliphatic heterocycles. The lowest BCUT2D eigenvalue weighted by molar-refractivity contribution is -0.117. The summed E-state index contributed by atoms with van der Waals surface area (Å²) in [5.41, 5.74) is 0.886. The van der Waals surface area contributed by atoms with Gasteiger partial charge in [-0.2, -0.15) is 0 Å². The number of allylic oxidation sites excluding steroid dienone is 2. The molecule has 1 fully saturated rings. The number of hydrogen-bond donors (Lipinski definition) is 1. The van der Waals surface area contributed by atoms with Gasteiger partial charge in [-0.05, 0) is 55.7 Å². The number of carbonyl (C=O) groups excluding carboxylic acids is 1. The van der Waals surface area contributed by atoms with Crippen LogP contribution in [-0.4, -0.2) is 5.91 Å². The summed E-state index contributed by atoms with van der Waals surface area (Å²) in [6.45, 7) is 0. The molecule has 100 valence electrons. The number of carbonyl (C=O) groups is 1. The Hall–Kier alpha value is -1.09. The lowest BCUT2D eigenvalue weighted by Gasteiger charge is -2.05. The maximum atomic E-state index is 12.3. The fourth-order valence-corrected chi connectivity index (χ4v) is 3.63. The van der Waals surface area contributed by atoms with Crippen LogP contribution in [-0.2, 0) is 4.79 Å². The van der Waals surface area contributed by atoms with E-state index in [1.54, 1.807) is 0 Å². The van der Waals surface area contributed by atoms with E-state index in [-0.39, 0.29) is 11.8 Å². The van der Waals surface area contributed by atoms with Crippen LogP contribution < -0.4 is 5.32 Å². The number of rotatable bonds is 2. The van der Waals surface area contributed by atoms with Gasteiger partial charge in [-0.15, -0.1) is 0 Å². The first-order chi connectivity index (χ1) is 9.25. The van der Waals surface area contributed by atoms with E-state index in [9.17, 15) is 4.79 Å². The molecule has 1 aromatic carbocycles. The van der Waals surface area contributed by atoms with Crippen molar-refractivity contribution in [3.63, 3.8) is 0 Å². The number of benzene rings is 1. The van der Waals surface area contributed by atoms with E-state index in [1.807, 2.05) is 24.3 Å². The van der Waals surface area contributed by atoms with Crippen LogP contribution in [0.1, 0.15) is 25.7 Å². The Morgan fingerprint density at radius 1 is 1.16 bits per heavy atom. The van der Waals surface area contributed by atoms with Crippen molar-refractivity contribution in [1.82, 2.24) is 0 Å². The standard InChI is InChI=1S/C16H18BrNO/c17-11-6-5-7-12(10-11)18-16(19)15-13-8-3-1-2-4-9-14(13)15/h1-2,5-7,10,13-15H,3-4,8-9H2,(H,18,19)/b2-1+/t13-,14+,15?. The zero-order valence-corrected chi connectivity index (χ0v) is 12.4. The molecule has 1 saturated carbocycles. The summed E-state index contributed by atoms with van der Waals surface area (Å²) in [5.74, 6) is 1.66. The molecule has 0 aromatic heterocycles. The van der Waals surface area contributed by atoms with Crippen molar-refractivity contribution >= 4 is 27.5 Å². The average Bonchev–Trinajstić information content (AvgIpc) is 3.00. The molecule has 0 spiro atoms. The van der Waals surface area contributed by atoms with Crippen molar-refractivity contribution in [2.24, 2.45) is 17.8 Å². The average molecular weight is 320 g/mol. The fourth-order valence-electron chi connectivity index (χ4n) is 3.23. The maximum Gasteiger partial charge on any atom is 0.228 e. The minimum Gasteiger partial charge on any atom is -0.326 e. The summed E-state index contributed by atoms with van der Waals surface area (Å²) in [5, 5.41) is 3.05. The molecule has 2 aliphatic carbocycles. The monoisotopic (exact) mass is 319 g/mol. The van der Waals surface area contributed by atoms with Gasteiger partial charge in [-0.3, -0.25) is 4.79 Å². The van der Waals surface area contributed by atoms with Gasteiger partial charge >= 0.3 is 0 Å². The molecule has 19 heavy (non-hydrogen) atoms. The summed E-state index contributed by atoms with van der Waals surface area (Å²) < 4.78 is 0.997. The predicted octanol–water partition coefficient (Wildman–Crippen LogP) is 4.38. The van der Waals surface area contributed by atoms with E-state index in [4.69, 9.17) is 0 Å². The zero-order chi connectivity index (χ0) is 13.2. The highest BCUT2D eigenvalue weighted by molar-refractivity contribution is 9.10. The lowest BCUT2D eigenvalue weighted by Crippen LogP contribution is -2.15. The fraction of sp³-hybridized carbons (Fsp3) is 0.438. The summed E-state index contributed by atoms with van der Waals surface area (Å²) in [4.78, 5) is 12.3. The summed E-state index contributed by atoms with van der Waals surface area (Å²) >= 11 is 3.43. The number of halogens is 1. The molecule has 3 rings (SSSR count). The van der Waals surface area contributed by atoms with Gasteiger partial charge in [0.25, 0.3) is 0 Å². The Morgan fingerprint density at radius 2 is 1.84 bits per heavy atom. The van der Waals surface area contributed by atoms with E-state index in [2.05, 4.69) is 33.4 Å². The Morgan fingerprint density at radius 3 is 2.47 bits per heavy atom. The van der Waals surface area contributed by atoms with E-state index < -0.39 is 0 Å². The van der Waals surface area contributed by atoms with Crippen LogP contribution in [0.4, 0.5) is 5.69 Å². The minimum atomic E-state index is 0.204. The van der Waals surface area contributed by atoms with Gasteiger partial charge in [-0.1, -0.05) is 34.1 Å². The van der Waals surface area contributed by atoms with E-state index >= 15 is 0 Å². The third-order valence-corrected chi connectivity index (χ3v) is 4.72. The summed E-state index contributed by atoms with van der Waals surface area (Å²) in [7, 11) is 0. The van der Waals surface area contributed by atoms with Gasteiger partial charge in [0.2, 0.25) is 5.91 Å². The molecular formula is C16H18BrNO. The molecule has 1 unspecified atom stereocenters.